The number of fused-ring (bicyclic) bond motifs is 4. The lowest BCUT2D eigenvalue weighted by Gasteiger charge is -2.48. The van der Waals surface area contributed by atoms with Crippen LogP contribution in [0.1, 0.15) is 51.6 Å². The van der Waals surface area contributed by atoms with E-state index in [1.807, 2.05) is 6.33 Å². The number of rotatable bonds is 3. The molecule has 0 atom stereocenters. The topological polar surface area (TPSA) is 30.3 Å². The van der Waals surface area contributed by atoms with Gasteiger partial charge in [-0.3, -0.25) is 0 Å². The second-order valence-electron chi connectivity index (χ2n) is 8.70. The molecule has 138 valence electrons. The summed E-state index contributed by atoms with van der Waals surface area (Å²) in [6.07, 6.45) is 8.33. The molecule has 1 aromatic heterocycles. The van der Waals surface area contributed by atoms with Crippen LogP contribution < -0.4 is 4.74 Å². The fourth-order valence-corrected chi connectivity index (χ4v) is 4.94. The lowest BCUT2D eigenvalue weighted by Crippen LogP contribution is -2.52. The lowest BCUT2D eigenvalue weighted by atomic mass is 9.81. The molecule has 3 aliphatic rings. The van der Waals surface area contributed by atoms with Crippen LogP contribution >= 0.6 is 0 Å². The molecule has 5 rings (SSSR count). The highest BCUT2D eigenvalue weighted by Crippen LogP contribution is 2.49. The highest BCUT2D eigenvalue weighted by Gasteiger charge is 2.47. The predicted molar refractivity (Wildman–Crippen MR) is 103 cm³/mol. The number of hydrogen-bond donors (Lipinski definition) is 0. The molecule has 0 amide bonds. The summed E-state index contributed by atoms with van der Waals surface area (Å²) in [5.74, 6) is 1.60. The van der Waals surface area contributed by atoms with Gasteiger partial charge in [-0.2, -0.15) is 0 Å². The van der Waals surface area contributed by atoms with Crippen molar-refractivity contribution in [2.75, 3.05) is 13.1 Å². The van der Waals surface area contributed by atoms with Gasteiger partial charge in [-0.05, 0) is 30.9 Å². The maximum atomic E-state index is 6.76. The zero-order valence-electron chi connectivity index (χ0n) is 15.9. The first-order valence-electron chi connectivity index (χ1n) is 10.2. The van der Waals surface area contributed by atoms with Gasteiger partial charge in [0.25, 0.3) is 0 Å². The molecule has 4 heteroatoms. The Labute approximate surface area is 156 Å². The van der Waals surface area contributed by atoms with E-state index in [1.54, 1.807) is 0 Å². The summed E-state index contributed by atoms with van der Waals surface area (Å²) in [4.78, 5) is 7.55. The van der Waals surface area contributed by atoms with Crippen LogP contribution in [0.25, 0.3) is 11.3 Å². The number of imidazole rings is 1. The molecule has 1 spiro atoms. The van der Waals surface area contributed by atoms with Crippen LogP contribution in [0.4, 0.5) is 0 Å². The third-order valence-corrected chi connectivity index (χ3v) is 6.48. The molecular weight excluding hydrogens is 322 g/mol. The molecule has 26 heavy (non-hydrogen) atoms. The number of aromatic nitrogens is 2. The summed E-state index contributed by atoms with van der Waals surface area (Å²) in [5.41, 5.74) is 3.40. The van der Waals surface area contributed by atoms with Crippen molar-refractivity contribution in [1.82, 2.24) is 14.5 Å². The summed E-state index contributed by atoms with van der Waals surface area (Å²) in [6, 6.07) is 9.25. The largest absolute Gasteiger partial charge is 0.480 e. The van der Waals surface area contributed by atoms with Crippen molar-refractivity contribution >= 4 is 0 Å². The minimum Gasteiger partial charge on any atom is -0.480 e. The van der Waals surface area contributed by atoms with E-state index in [1.165, 1.54) is 25.0 Å². The number of hydrogen-bond acceptors (Lipinski definition) is 3. The Morgan fingerprint density at radius 1 is 1.19 bits per heavy atom. The fraction of sp³-hybridized carbons (Fsp3) is 0.591. The van der Waals surface area contributed by atoms with E-state index in [-0.39, 0.29) is 5.60 Å². The molecule has 1 saturated heterocycles. The molecule has 2 fully saturated rings. The third-order valence-electron chi connectivity index (χ3n) is 6.48. The Morgan fingerprint density at radius 2 is 1.96 bits per heavy atom. The molecule has 2 aromatic rings. The monoisotopic (exact) mass is 351 g/mol. The molecule has 0 radical (unpaired) electrons. The smallest absolute Gasteiger partial charge is 0.153 e. The van der Waals surface area contributed by atoms with Crippen LogP contribution in [0, 0.1) is 5.92 Å². The van der Waals surface area contributed by atoms with Crippen molar-refractivity contribution in [2.45, 2.75) is 64.1 Å². The molecule has 0 N–H and O–H groups in total. The normalized spacial score (nSPS) is 22.0. The minimum atomic E-state index is -0.213. The highest BCUT2D eigenvalue weighted by molar-refractivity contribution is 5.72. The molecule has 4 nitrogen and oxygen atoms in total. The Morgan fingerprint density at radius 3 is 2.65 bits per heavy atom. The summed E-state index contributed by atoms with van der Waals surface area (Å²) < 4.78 is 9.13. The van der Waals surface area contributed by atoms with Crippen molar-refractivity contribution in [3.8, 4) is 17.0 Å². The maximum Gasteiger partial charge on any atom is 0.153 e. The maximum absolute atomic E-state index is 6.76. The van der Waals surface area contributed by atoms with Crippen LogP contribution in [-0.4, -0.2) is 33.6 Å². The Kier molecular flexibility index (Phi) is 3.85. The average molecular weight is 351 g/mol. The zero-order valence-corrected chi connectivity index (χ0v) is 15.9. The van der Waals surface area contributed by atoms with Crippen molar-refractivity contribution in [2.24, 2.45) is 5.92 Å². The molecular formula is C22H29N3O. The fourth-order valence-electron chi connectivity index (χ4n) is 4.94. The van der Waals surface area contributed by atoms with Gasteiger partial charge in [0.05, 0.1) is 17.7 Å². The molecule has 2 aliphatic heterocycles. The first kappa shape index (κ1) is 16.4. The minimum absolute atomic E-state index is 0.213. The number of ether oxygens (including phenoxy) is 1. The Hall–Kier alpha value is -1.81. The van der Waals surface area contributed by atoms with Gasteiger partial charge in [-0.15, -0.1) is 0 Å². The standard InChI is InChI=1S/C22H29N3O/c1-16(2)14-25-15-23-20-18-8-3-4-9-19(18)26-22(21(20)25)10-12-24(13-11-22)17-6-5-7-17/h3-4,8-9,15-17H,5-7,10-14H2,1-2H3. The van der Waals surface area contributed by atoms with Gasteiger partial charge >= 0.3 is 0 Å². The number of likely N-dealkylation sites (tertiary alicyclic amines) is 1. The summed E-state index contributed by atoms with van der Waals surface area (Å²) in [5, 5.41) is 0. The highest BCUT2D eigenvalue weighted by atomic mass is 16.5. The lowest BCUT2D eigenvalue weighted by molar-refractivity contribution is -0.0318. The van der Waals surface area contributed by atoms with Gasteiger partial charge < -0.3 is 14.2 Å². The van der Waals surface area contributed by atoms with Crippen LogP contribution in [0.3, 0.4) is 0 Å². The Balaban J connectivity index is 1.54. The summed E-state index contributed by atoms with van der Waals surface area (Å²) >= 11 is 0. The van der Waals surface area contributed by atoms with Gasteiger partial charge in [-0.25, -0.2) is 4.98 Å². The third kappa shape index (κ3) is 2.50. The molecule has 3 heterocycles. The van der Waals surface area contributed by atoms with E-state index in [0.717, 1.165) is 55.5 Å². The van der Waals surface area contributed by atoms with Crippen LogP contribution in [0.5, 0.6) is 5.75 Å². The second-order valence-corrected chi connectivity index (χ2v) is 8.70. The van der Waals surface area contributed by atoms with Crippen LogP contribution in [0.2, 0.25) is 0 Å². The molecule has 1 aromatic carbocycles. The second kappa shape index (κ2) is 6.12. The molecule has 1 aliphatic carbocycles. The average Bonchev–Trinajstić information content (AvgIpc) is 3.00. The van der Waals surface area contributed by atoms with Gasteiger partial charge in [0.15, 0.2) is 5.60 Å². The van der Waals surface area contributed by atoms with E-state index in [2.05, 4.69) is 47.6 Å². The van der Waals surface area contributed by atoms with E-state index in [0.29, 0.717) is 5.92 Å². The van der Waals surface area contributed by atoms with Crippen molar-refractivity contribution in [3.05, 3.63) is 36.3 Å². The molecule has 0 unspecified atom stereocenters. The van der Waals surface area contributed by atoms with Crippen LogP contribution in [0.15, 0.2) is 30.6 Å². The van der Waals surface area contributed by atoms with E-state index < -0.39 is 0 Å². The van der Waals surface area contributed by atoms with Crippen molar-refractivity contribution in [1.29, 1.82) is 0 Å². The molecule has 0 bridgehead atoms. The van der Waals surface area contributed by atoms with Crippen LogP contribution in [-0.2, 0) is 12.1 Å². The van der Waals surface area contributed by atoms with Crippen molar-refractivity contribution in [3.63, 3.8) is 0 Å². The Bertz CT molecular complexity index is 797. The molecule has 1 saturated carbocycles. The predicted octanol–water partition coefficient (Wildman–Crippen LogP) is 4.44. The SMILES string of the molecule is CC(C)Cn1cnc2c1C1(CCN(C3CCC3)CC1)Oc1ccccc1-2. The van der Waals surface area contributed by atoms with E-state index >= 15 is 0 Å². The quantitative estimate of drug-likeness (QED) is 0.819. The number of benzene rings is 1. The van der Waals surface area contributed by atoms with Crippen molar-refractivity contribution < 1.29 is 4.74 Å². The van der Waals surface area contributed by atoms with Gasteiger partial charge in [-0.1, -0.05) is 32.4 Å². The van der Waals surface area contributed by atoms with E-state index in [9.17, 15) is 0 Å². The number of piperidine rings is 1. The summed E-state index contributed by atoms with van der Waals surface area (Å²) in [7, 11) is 0. The first-order chi connectivity index (χ1) is 12.7. The van der Waals surface area contributed by atoms with E-state index in [4.69, 9.17) is 9.72 Å². The zero-order chi connectivity index (χ0) is 17.7. The first-order valence-corrected chi connectivity index (χ1v) is 10.2. The van der Waals surface area contributed by atoms with Gasteiger partial charge in [0, 0.05) is 44.1 Å². The number of nitrogens with zero attached hydrogens (tertiary/aromatic N) is 3. The van der Waals surface area contributed by atoms with Gasteiger partial charge in [0.2, 0.25) is 0 Å². The number of para-hydroxylation sites is 1. The summed E-state index contributed by atoms with van der Waals surface area (Å²) in [6.45, 7) is 7.83. The van der Waals surface area contributed by atoms with Gasteiger partial charge in [0.1, 0.15) is 5.75 Å².